The van der Waals surface area contributed by atoms with Crippen molar-refractivity contribution in [2.75, 3.05) is 32.8 Å². The van der Waals surface area contributed by atoms with E-state index in [2.05, 4.69) is 5.32 Å². The van der Waals surface area contributed by atoms with E-state index in [1.165, 1.54) is 4.90 Å². The van der Waals surface area contributed by atoms with Crippen molar-refractivity contribution < 1.29 is 22.7 Å². The van der Waals surface area contributed by atoms with Gasteiger partial charge in [0.05, 0.1) is 5.41 Å². The molecule has 2 heterocycles. The molecule has 25 heavy (non-hydrogen) atoms. The van der Waals surface area contributed by atoms with E-state index in [9.17, 15) is 18.0 Å². The Morgan fingerprint density at radius 1 is 1.12 bits per heavy atom. The number of carbonyl (C=O) groups is 1. The van der Waals surface area contributed by atoms with Gasteiger partial charge in [0.2, 0.25) is 0 Å². The number of hydrogen-bond donors (Lipinski definition) is 1. The fourth-order valence-corrected chi connectivity index (χ4v) is 5.47. The van der Waals surface area contributed by atoms with Gasteiger partial charge >= 0.3 is 12.2 Å². The average molecular weight is 360 g/mol. The molecule has 1 N–H and O–H groups in total. The molecule has 142 valence electrons. The molecule has 0 aromatic rings. The lowest BCUT2D eigenvalue weighted by Crippen LogP contribution is -2.46. The number of ether oxygens (including phenoxy) is 1. The molecule has 2 aliphatic heterocycles. The summed E-state index contributed by atoms with van der Waals surface area (Å²) >= 11 is 0. The highest BCUT2D eigenvalue weighted by molar-refractivity contribution is 5.74. The summed E-state index contributed by atoms with van der Waals surface area (Å²) in [4.78, 5) is 13.9. The normalized spacial score (nSPS) is 34.8. The van der Waals surface area contributed by atoms with Gasteiger partial charge in [-0.3, -0.25) is 0 Å². The maximum absolute atomic E-state index is 13.6. The second kappa shape index (κ2) is 6.03. The fourth-order valence-electron chi connectivity index (χ4n) is 5.47. The molecule has 4 fully saturated rings. The van der Waals surface area contributed by atoms with E-state index in [1.54, 1.807) is 0 Å². The number of nitrogens with zero attached hydrogens (tertiary/aromatic N) is 1. The third kappa shape index (κ3) is 2.92. The molecule has 0 spiro atoms. The number of hydrogen-bond acceptors (Lipinski definition) is 2. The van der Waals surface area contributed by atoms with Crippen LogP contribution in [0, 0.1) is 22.7 Å². The second-order valence-electron chi connectivity index (χ2n) is 8.53. The van der Waals surface area contributed by atoms with Gasteiger partial charge in [0, 0.05) is 32.8 Å². The van der Waals surface area contributed by atoms with Gasteiger partial charge in [-0.15, -0.1) is 0 Å². The number of carbonyl (C=O) groups excluding carboxylic acids is 1. The number of amides is 2. The Labute approximate surface area is 146 Å². The number of urea groups is 1. The highest BCUT2D eigenvalue weighted by Crippen LogP contribution is 2.58. The lowest BCUT2D eigenvalue weighted by molar-refractivity contribution is -0.226. The first kappa shape index (κ1) is 17.4. The van der Waals surface area contributed by atoms with Gasteiger partial charge in [0.1, 0.15) is 0 Å². The van der Waals surface area contributed by atoms with Crippen LogP contribution in [0.15, 0.2) is 0 Å². The summed E-state index contributed by atoms with van der Waals surface area (Å²) in [6, 6.07) is -0.309. The van der Waals surface area contributed by atoms with Crippen molar-refractivity contribution >= 4 is 6.03 Å². The highest BCUT2D eigenvalue weighted by atomic mass is 19.4. The average Bonchev–Trinajstić information content (AvgIpc) is 3.10. The first-order chi connectivity index (χ1) is 11.9. The lowest BCUT2D eigenvalue weighted by Gasteiger charge is -2.32. The number of nitrogens with one attached hydrogen (secondary N) is 1. The fraction of sp³-hybridized carbons (Fsp3) is 0.944. The van der Waals surface area contributed by atoms with E-state index in [1.807, 2.05) is 0 Å². The zero-order chi connectivity index (χ0) is 17.7. The van der Waals surface area contributed by atoms with Crippen LogP contribution in [0.4, 0.5) is 18.0 Å². The van der Waals surface area contributed by atoms with Crippen molar-refractivity contribution in [1.29, 1.82) is 0 Å². The molecule has 0 bridgehead atoms. The van der Waals surface area contributed by atoms with E-state index in [4.69, 9.17) is 4.74 Å². The predicted octanol–water partition coefficient (Wildman–Crippen LogP) is 3.57. The minimum absolute atomic E-state index is 0.163. The third-order valence-corrected chi connectivity index (χ3v) is 7.29. The van der Waals surface area contributed by atoms with Crippen LogP contribution in [0.3, 0.4) is 0 Å². The van der Waals surface area contributed by atoms with Crippen LogP contribution in [0.2, 0.25) is 0 Å². The van der Waals surface area contributed by atoms with E-state index in [-0.39, 0.29) is 31.0 Å². The Morgan fingerprint density at radius 3 is 2.44 bits per heavy atom. The summed E-state index contributed by atoms with van der Waals surface area (Å²) in [7, 11) is 0. The molecule has 7 heteroatoms. The molecule has 2 saturated carbocycles. The van der Waals surface area contributed by atoms with Crippen molar-refractivity contribution in [3.05, 3.63) is 0 Å². The molecule has 2 aliphatic carbocycles. The standard InChI is InChI=1S/C18H27F3N2O2/c19-18(20,21)17-5-1-2-14(17)10-23(12-17)15(24)22-11-16(6-7-16)13-3-8-25-9-4-13/h13-14H,1-12H2,(H,22,24)/t14-,17-/m0/s1. The van der Waals surface area contributed by atoms with Crippen molar-refractivity contribution in [2.45, 2.75) is 51.1 Å². The Bertz CT molecular complexity index is 529. The number of fused-ring (bicyclic) bond motifs is 1. The molecule has 4 rings (SSSR count). The van der Waals surface area contributed by atoms with Gasteiger partial charge in [-0.25, -0.2) is 4.79 Å². The van der Waals surface area contributed by atoms with Crippen molar-refractivity contribution in [1.82, 2.24) is 10.2 Å². The molecule has 4 nitrogen and oxygen atoms in total. The molecule has 2 amide bonds. The van der Waals surface area contributed by atoms with Crippen molar-refractivity contribution in [2.24, 2.45) is 22.7 Å². The predicted molar refractivity (Wildman–Crippen MR) is 86.0 cm³/mol. The molecule has 0 aromatic heterocycles. The zero-order valence-corrected chi connectivity index (χ0v) is 14.5. The van der Waals surface area contributed by atoms with Gasteiger partial charge in [0.25, 0.3) is 0 Å². The van der Waals surface area contributed by atoms with Crippen molar-refractivity contribution in [3.63, 3.8) is 0 Å². The van der Waals surface area contributed by atoms with E-state index in [0.717, 1.165) is 38.9 Å². The molecule has 2 saturated heterocycles. The second-order valence-corrected chi connectivity index (χ2v) is 8.53. The van der Waals surface area contributed by atoms with Crippen LogP contribution >= 0.6 is 0 Å². The van der Waals surface area contributed by atoms with Crippen LogP contribution in [-0.2, 0) is 4.74 Å². The summed E-state index contributed by atoms with van der Waals surface area (Å²) in [5.41, 5.74) is -1.50. The Balaban J connectivity index is 1.35. The Kier molecular flexibility index (Phi) is 4.21. The van der Waals surface area contributed by atoms with Crippen molar-refractivity contribution in [3.8, 4) is 0 Å². The molecular weight excluding hydrogens is 333 g/mol. The maximum atomic E-state index is 13.6. The number of alkyl halides is 3. The first-order valence-electron chi connectivity index (χ1n) is 9.54. The van der Waals surface area contributed by atoms with Crippen LogP contribution in [0.5, 0.6) is 0 Å². The summed E-state index contributed by atoms with van der Waals surface area (Å²) in [6.45, 7) is 2.23. The zero-order valence-electron chi connectivity index (χ0n) is 14.5. The quantitative estimate of drug-likeness (QED) is 0.836. The molecule has 0 radical (unpaired) electrons. The van der Waals surface area contributed by atoms with Crippen LogP contribution in [0.1, 0.15) is 44.9 Å². The van der Waals surface area contributed by atoms with Gasteiger partial charge < -0.3 is 15.0 Å². The smallest absolute Gasteiger partial charge is 0.381 e. The summed E-state index contributed by atoms with van der Waals surface area (Å²) < 4.78 is 46.2. The molecule has 0 aromatic carbocycles. The highest BCUT2D eigenvalue weighted by Gasteiger charge is 2.65. The minimum Gasteiger partial charge on any atom is -0.381 e. The number of halogens is 3. The molecular formula is C18H27F3N2O2. The van der Waals surface area contributed by atoms with Crippen LogP contribution < -0.4 is 5.32 Å². The topological polar surface area (TPSA) is 41.6 Å². The largest absolute Gasteiger partial charge is 0.396 e. The summed E-state index contributed by atoms with van der Waals surface area (Å²) in [6.07, 6.45) is 1.40. The SMILES string of the molecule is O=C(NCC1(C2CCOCC2)CC1)N1C[C@@H]2CCC[C@]2(C(F)(F)F)C1. The van der Waals surface area contributed by atoms with E-state index < -0.39 is 17.5 Å². The third-order valence-electron chi connectivity index (χ3n) is 7.29. The number of likely N-dealkylation sites (tertiary alicyclic amines) is 1. The van der Waals surface area contributed by atoms with Gasteiger partial charge in [0.15, 0.2) is 0 Å². The van der Waals surface area contributed by atoms with E-state index in [0.29, 0.717) is 25.3 Å². The van der Waals surface area contributed by atoms with Gasteiger partial charge in [-0.1, -0.05) is 6.42 Å². The van der Waals surface area contributed by atoms with Gasteiger partial charge in [-0.2, -0.15) is 13.2 Å². The Hall–Kier alpha value is -0.980. The lowest BCUT2D eigenvalue weighted by atomic mass is 9.80. The molecule has 0 unspecified atom stereocenters. The number of rotatable bonds is 3. The van der Waals surface area contributed by atoms with E-state index >= 15 is 0 Å². The first-order valence-corrected chi connectivity index (χ1v) is 9.54. The molecule has 4 aliphatic rings. The monoisotopic (exact) mass is 360 g/mol. The van der Waals surface area contributed by atoms with Gasteiger partial charge in [-0.05, 0) is 55.8 Å². The maximum Gasteiger partial charge on any atom is 0.396 e. The summed E-state index contributed by atoms with van der Waals surface area (Å²) in [5, 5.41) is 2.96. The van der Waals surface area contributed by atoms with Crippen LogP contribution in [0.25, 0.3) is 0 Å². The molecule has 2 atom stereocenters. The van der Waals surface area contributed by atoms with Crippen LogP contribution in [-0.4, -0.2) is 50.0 Å². The summed E-state index contributed by atoms with van der Waals surface area (Å²) in [5.74, 6) is 0.143. The minimum atomic E-state index is -4.22. The Morgan fingerprint density at radius 2 is 1.84 bits per heavy atom.